The lowest BCUT2D eigenvalue weighted by Crippen LogP contribution is -2.42. The van der Waals surface area contributed by atoms with E-state index in [4.69, 9.17) is 4.74 Å². The van der Waals surface area contributed by atoms with Crippen molar-refractivity contribution in [1.82, 2.24) is 9.80 Å². The first-order valence-electron chi connectivity index (χ1n) is 7.33. The maximum atomic E-state index is 12.2. The smallest absolute Gasteiger partial charge is 0.236 e. The zero-order chi connectivity index (χ0) is 14.5. The van der Waals surface area contributed by atoms with E-state index in [9.17, 15) is 4.79 Å². The second kappa shape index (κ2) is 6.75. The Bertz CT molecular complexity index is 470. The number of ether oxygens (including phenoxy) is 1. The minimum atomic E-state index is 0.223. The van der Waals surface area contributed by atoms with E-state index < -0.39 is 0 Å². The molecule has 0 fully saturated rings. The zero-order valence-electron chi connectivity index (χ0n) is 12.7. The van der Waals surface area contributed by atoms with Crippen LogP contribution in [-0.4, -0.2) is 49.0 Å². The summed E-state index contributed by atoms with van der Waals surface area (Å²) in [5.41, 5.74) is 2.65. The van der Waals surface area contributed by atoms with Crippen LogP contribution in [0.5, 0.6) is 5.75 Å². The Morgan fingerprint density at radius 2 is 2.05 bits per heavy atom. The van der Waals surface area contributed by atoms with Gasteiger partial charge in [0.1, 0.15) is 5.75 Å². The van der Waals surface area contributed by atoms with Crippen molar-refractivity contribution in [2.75, 3.05) is 33.3 Å². The van der Waals surface area contributed by atoms with Gasteiger partial charge in [0.05, 0.1) is 13.7 Å². The maximum absolute atomic E-state index is 12.2. The van der Waals surface area contributed by atoms with Crippen LogP contribution in [0.1, 0.15) is 25.0 Å². The molecule has 4 heteroatoms. The first-order chi connectivity index (χ1) is 9.67. The summed E-state index contributed by atoms with van der Waals surface area (Å²) >= 11 is 0. The van der Waals surface area contributed by atoms with Gasteiger partial charge in [-0.25, -0.2) is 0 Å². The Labute approximate surface area is 121 Å². The summed E-state index contributed by atoms with van der Waals surface area (Å²) in [6, 6.07) is 6.23. The van der Waals surface area contributed by atoms with E-state index in [2.05, 4.69) is 17.0 Å². The standard InChI is InChI=1S/C16H24N2O2/c1-4-18(5-2)16(19)12-17-9-8-13-6-7-15(20-3)10-14(13)11-17/h6-7,10H,4-5,8-9,11-12H2,1-3H3. The van der Waals surface area contributed by atoms with Crippen molar-refractivity contribution in [3.8, 4) is 5.75 Å². The quantitative estimate of drug-likeness (QED) is 0.824. The van der Waals surface area contributed by atoms with Gasteiger partial charge in [-0.1, -0.05) is 6.07 Å². The Morgan fingerprint density at radius 1 is 1.30 bits per heavy atom. The fraction of sp³-hybridized carbons (Fsp3) is 0.562. The van der Waals surface area contributed by atoms with Crippen molar-refractivity contribution in [3.05, 3.63) is 29.3 Å². The molecule has 0 aromatic heterocycles. The molecule has 1 aliphatic rings. The van der Waals surface area contributed by atoms with Crippen molar-refractivity contribution < 1.29 is 9.53 Å². The maximum Gasteiger partial charge on any atom is 0.236 e. The van der Waals surface area contributed by atoms with Crippen LogP contribution in [0.25, 0.3) is 0 Å². The number of nitrogens with zero attached hydrogens (tertiary/aromatic N) is 2. The number of rotatable bonds is 5. The molecular formula is C16H24N2O2. The summed E-state index contributed by atoms with van der Waals surface area (Å²) in [7, 11) is 1.69. The fourth-order valence-electron chi connectivity index (χ4n) is 2.72. The topological polar surface area (TPSA) is 32.8 Å². The van der Waals surface area contributed by atoms with Crippen LogP contribution in [0.15, 0.2) is 18.2 Å². The summed E-state index contributed by atoms with van der Waals surface area (Å²) in [6.07, 6.45) is 1.00. The van der Waals surface area contributed by atoms with E-state index in [1.54, 1.807) is 7.11 Å². The molecule has 1 aliphatic heterocycles. The van der Waals surface area contributed by atoms with Crippen LogP contribution >= 0.6 is 0 Å². The highest BCUT2D eigenvalue weighted by molar-refractivity contribution is 5.78. The Kier molecular flexibility index (Phi) is 5.01. The van der Waals surface area contributed by atoms with Crippen molar-refractivity contribution in [2.45, 2.75) is 26.8 Å². The van der Waals surface area contributed by atoms with Gasteiger partial charge in [-0.15, -0.1) is 0 Å². The molecule has 0 saturated heterocycles. The normalized spacial score (nSPS) is 14.8. The van der Waals surface area contributed by atoms with Crippen LogP contribution in [-0.2, 0) is 17.8 Å². The van der Waals surface area contributed by atoms with Crippen molar-refractivity contribution >= 4 is 5.91 Å². The second-order valence-corrected chi connectivity index (χ2v) is 5.16. The molecule has 0 bridgehead atoms. The number of hydrogen-bond donors (Lipinski definition) is 0. The first kappa shape index (κ1) is 14.9. The van der Waals surface area contributed by atoms with E-state index in [-0.39, 0.29) is 5.91 Å². The molecule has 0 N–H and O–H groups in total. The van der Waals surface area contributed by atoms with E-state index in [0.29, 0.717) is 6.54 Å². The molecule has 0 saturated carbocycles. The largest absolute Gasteiger partial charge is 0.497 e. The van der Waals surface area contributed by atoms with Crippen LogP contribution in [0.2, 0.25) is 0 Å². The number of fused-ring (bicyclic) bond motifs is 1. The van der Waals surface area contributed by atoms with Crippen LogP contribution in [0, 0.1) is 0 Å². The predicted molar refractivity (Wildman–Crippen MR) is 79.9 cm³/mol. The summed E-state index contributed by atoms with van der Waals surface area (Å²) in [6.45, 7) is 7.92. The van der Waals surface area contributed by atoms with Crippen molar-refractivity contribution in [1.29, 1.82) is 0 Å². The number of carbonyl (C=O) groups excluding carboxylic acids is 1. The van der Waals surface area contributed by atoms with E-state index in [1.807, 2.05) is 24.8 Å². The van der Waals surface area contributed by atoms with Crippen molar-refractivity contribution in [3.63, 3.8) is 0 Å². The van der Waals surface area contributed by atoms with E-state index in [1.165, 1.54) is 11.1 Å². The molecule has 4 nitrogen and oxygen atoms in total. The molecule has 0 aliphatic carbocycles. The minimum absolute atomic E-state index is 0.223. The number of benzene rings is 1. The summed E-state index contributed by atoms with van der Waals surface area (Å²) in [5.74, 6) is 1.11. The van der Waals surface area contributed by atoms with Crippen LogP contribution in [0.4, 0.5) is 0 Å². The monoisotopic (exact) mass is 276 g/mol. The highest BCUT2D eigenvalue weighted by Crippen LogP contribution is 2.23. The lowest BCUT2D eigenvalue weighted by Gasteiger charge is -2.30. The Morgan fingerprint density at radius 3 is 2.70 bits per heavy atom. The summed E-state index contributed by atoms with van der Waals surface area (Å²) < 4.78 is 5.28. The lowest BCUT2D eigenvalue weighted by atomic mass is 9.99. The molecule has 1 heterocycles. The van der Waals surface area contributed by atoms with E-state index in [0.717, 1.165) is 38.3 Å². The average Bonchev–Trinajstić information content (AvgIpc) is 2.47. The van der Waals surface area contributed by atoms with Gasteiger partial charge in [-0.2, -0.15) is 0 Å². The molecule has 1 aromatic carbocycles. The highest BCUT2D eigenvalue weighted by atomic mass is 16.5. The van der Waals surface area contributed by atoms with Gasteiger partial charge in [-0.05, 0) is 43.5 Å². The third-order valence-electron chi connectivity index (χ3n) is 3.98. The molecule has 0 unspecified atom stereocenters. The first-order valence-corrected chi connectivity index (χ1v) is 7.33. The molecule has 1 amide bonds. The average molecular weight is 276 g/mol. The predicted octanol–water partition coefficient (Wildman–Crippen LogP) is 1.92. The highest BCUT2D eigenvalue weighted by Gasteiger charge is 2.20. The second-order valence-electron chi connectivity index (χ2n) is 5.16. The SMILES string of the molecule is CCN(CC)C(=O)CN1CCc2ccc(OC)cc2C1. The molecule has 2 rings (SSSR count). The van der Waals surface area contributed by atoms with Gasteiger partial charge >= 0.3 is 0 Å². The third-order valence-corrected chi connectivity index (χ3v) is 3.98. The van der Waals surface area contributed by atoms with Gasteiger partial charge in [0.2, 0.25) is 5.91 Å². The molecule has 1 aromatic rings. The van der Waals surface area contributed by atoms with E-state index >= 15 is 0 Å². The number of amides is 1. The zero-order valence-corrected chi connectivity index (χ0v) is 12.7. The molecule has 0 atom stereocenters. The number of likely N-dealkylation sites (N-methyl/N-ethyl adjacent to an activating group) is 1. The van der Waals surface area contributed by atoms with Crippen LogP contribution < -0.4 is 4.74 Å². The summed E-state index contributed by atoms with van der Waals surface area (Å²) in [4.78, 5) is 16.3. The molecular weight excluding hydrogens is 252 g/mol. The van der Waals surface area contributed by atoms with Gasteiger partial charge in [0.25, 0.3) is 0 Å². The summed E-state index contributed by atoms with van der Waals surface area (Å²) in [5, 5.41) is 0. The molecule has 110 valence electrons. The molecule has 20 heavy (non-hydrogen) atoms. The van der Waals surface area contributed by atoms with Crippen molar-refractivity contribution in [2.24, 2.45) is 0 Å². The van der Waals surface area contributed by atoms with Gasteiger partial charge in [0.15, 0.2) is 0 Å². The van der Waals surface area contributed by atoms with Gasteiger partial charge in [-0.3, -0.25) is 9.69 Å². The van der Waals surface area contributed by atoms with Gasteiger partial charge in [0, 0.05) is 26.2 Å². The minimum Gasteiger partial charge on any atom is -0.497 e. The number of methoxy groups -OCH3 is 1. The Hall–Kier alpha value is -1.55. The van der Waals surface area contributed by atoms with Crippen LogP contribution in [0.3, 0.4) is 0 Å². The number of carbonyl (C=O) groups is 1. The lowest BCUT2D eigenvalue weighted by molar-refractivity contribution is -0.132. The molecule has 0 spiro atoms. The fourth-order valence-corrected chi connectivity index (χ4v) is 2.72. The molecule has 0 radical (unpaired) electrons. The Balaban J connectivity index is 2.01. The van der Waals surface area contributed by atoms with Gasteiger partial charge < -0.3 is 9.64 Å². The number of hydrogen-bond acceptors (Lipinski definition) is 3. The third kappa shape index (κ3) is 3.31.